The van der Waals surface area contributed by atoms with Gasteiger partial charge in [0.1, 0.15) is 5.75 Å². The minimum atomic E-state index is 0.00458. The highest BCUT2D eigenvalue weighted by Gasteiger charge is 2.62. The molecule has 8 aromatic carbocycles. The monoisotopic (exact) mass is 1090 g/mol. The van der Waals surface area contributed by atoms with E-state index in [1.54, 1.807) is 0 Å². The molecule has 3 aliphatic carbocycles. The van der Waals surface area contributed by atoms with Crippen molar-refractivity contribution >= 4 is 75.9 Å². The number of hydrogen-bond donors (Lipinski definition) is 0. The number of rotatable bonds is 8. The predicted molar refractivity (Wildman–Crippen MR) is 350 cm³/mol. The van der Waals surface area contributed by atoms with Crippen molar-refractivity contribution in [2.75, 3.05) is 19.6 Å². The maximum Gasteiger partial charge on any atom is 0.225 e. The zero-order chi connectivity index (χ0) is 55.7. The van der Waals surface area contributed by atoms with E-state index in [0.29, 0.717) is 23.6 Å². The SMILES string of the molecule is Cc1ccc(N(c2ccc(C)cc2)C2CC3Oc4ccc(C)cc4B4C5=CC6B7c8cc(C)ccc8N(c8ccc(C)cc8)C8CC(N(c9ccc(C)cc9)c9ccc(C)cc9)CC(SC6C=C5N(c5ccccc5C)C(C2)C43)C78)cc1. The molecule has 82 heavy (non-hydrogen) atoms. The molecule has 0 spiro atoms. The second kappa shape index (κ2) is 20.3. The third-order valence-electron chi connectivity index (χ3n) is 20.2. The van der Waals surface area contributed by atoms with Crippen molar-refractivity contribution in [3.8, 4) is 5.75 Å². The predicted octanol–water partition coefficient (Wildman–Crippen LogP) is 16.4. The summed E-state index contributed by atoms with van der Waals surface area (Å²) >= 11 is 2.32. The molecule has 4 aliphatic heterocycles. The maximum absolute atomic E-state index is 7.57. The van der Waals surface area contributed by atoms with E-state index in [4.69, 9.17) is 4.74 Å². The molecule has 2 saturated heterocycles. The fourth-order valence-electron chi connectivity index (χ4n) is 16.5. The van der Waals surface area contributed by atoms with Gasteiger partial charge in [0.2, 0.25) is 6.71 Å². The number of aryl methyl sites for hydroxylation is 8. The third kappa shape index (κ3) is 8.67. The standard InChI is InChI=1S/C74H74B2N4OS/c1-45-13-25-53(26-14-45)77(54-27-15-46(2)16-28-54)58-39-67-73-70(41-58)81-69-36-24-51(7)38-62(69)75(73)61-43-63-71(44-66(61)80(67)64-12-10-9-11-52(64)8)82-72-42-59(78(55-29-17-47(3)18-30-55)56-31-19-48(4)20-32-56)40-68-74(72)76(63)60-37-50(6)23-35-65(60)79(68)57-33-21-49(5)22-34-57/h9-38,43-44,58-59,63,67-68,70-74H,39-42H2,1-8H3. The molecule has 8 aromatic rings. The summed E-state index contributed by atoms with van der Waals surface area (Å²) in [6, 6.07) is 71.4. The topological polar surface area (TPSA) is 22.2 Å². The van der Waals surface area contributed by atoms with Gasteiger partial charge in [-0.1, -0.05) is 159 Å². The molecule has 15 rings (SSSR count). The van der Waals surface area contributed by atoms with Gasteiger partial charge in [0, 0.05) is 92.4 Å². The molecule has 0 aromatic heterocycles. The quantitative estimate of drug-likeness (QED) is 0.140. The molecule has 408 valence electrons. The van der Waals surface area contributed by atoms with Crippen molar-refractivity contribution in [2.45, 2.75) is 139 Å². The normalized spacial score (nSPS) is 25.5. The van der Waals surface area contributed by atoms with Crippen LogP contribution in [0.15, 0.2) is 205 Å². The summed E-state index contributed by atoms with van der Waals surface area (Å²) in [4.78, 5) is 11.1. The molecule has 10 atom stereocenters. The Kier molecular flexibility index (Phi) is 12.7. The number of fused-ring (bicyclic) bond motifs is 8. The lowest BCUT2D eigenvalue weighted by atomic mass is 9.22. The smallest absolute Gasteiger partial charge is 0.225 e. The van der Waals surface area contributed by atoms with E-state index in [9.17, 15) is 0 Å². The van der Waals surface area contributed by atoms with Gasteiger partial charge in [-0.25, -0.2) is 0 Å². The van der Waals surface area contributed by atoms with Gasteiger partial charge >= 0.3 is 0 Å². The number of para-hydroxylation sites is 1. The molecule has 2 saturated carbocycles. The number of nitrogens with zero attached hydrogens (tertiary/aromatic N) is 4. The number of hydrogen-bond acceptors (Lipinski definition) is 6. The van der Waals surface area contributed by atoms with E-state index in [1.807, 2.05) is 0 Å². The number of allylic oxidation sites excluding steroid dienone is 2. The Morgan fingerprint density at radius 3 is 1.54 bits per heavy atom. The molecule has 4 fully saturated rings. The van der Waals surface area contributed by atoms with Crippen LogP contribution < -0.4 is 35.3 Å². The second-order valence-corrected chi connectivity index (χ2v) is 27.1. The highest BCUT2D eigenvalue weighted by Crippen LogP contribution is 2.62. The molecule has 5 nitrogen and oxygen atoms in total. The van der Waals surface area contributed by atoms with E-state index in [1.165, 1.54) is 106 Å². The van der Waals surface area contributed by atoms with Crippen LogP contribution in [0, 0.1) is 55.4 Å². The highest BCUT2D eigenvalue weighted by atomic mass is 32.2. The first-order valence-corrected chi connectivity index (χ1v) is 31.4. The Morgan fingerprint density at radius 2 is 0.963 bits per heavy atom. The fraction of sp³-hybridized carbons (Fsp3) is 0.297. The number of anilines is 7. The fourth-order valence-corrected chi connectivity index (χ4v) is 18.4. The Labute approximate surface area is 492 Å². The van der Waals surface area contributed by atoms with Crippen LogP contribution in [0.4, 0.5) is 39.8 Å². The summed E-state index contributed by atoms with van der Waals surface area (Å²) in [5.74, 6) is 2.03. The van der Waals surface area contributed by atoms with Crippen LogP contribution in [0.25, 0.3) is 0 Å². The van der Waals surface area contributed by atoms with Gasteiger partial charge in [-0.3, -0.25) is 0 Å². The first-order chi connectivity index (χ1) is 39.9. The zero-order valence-corrected chi connectivity index (χ0v) is 49.7. The molecule has 8 heteroatoms. The van der Waals surface area contributed by atoms with Crippen molar-refractivity contribution in [3.05, 3.63) is 250 Å². The van der Waals surface area contributed by atoms with Crippen LogP contribution in [0.3, 0.4) is 0 Å². The van der Waals surface area contributed by atoms with Crippen molar-refractivity contribution < 1.29 is 4.74 Å². The van der Waals surface area contributed by atoms with Crippen LogP contribution in [-0.4, -0.2) is 54.2 Å². The van der Waals surface area contributed by atoms with Gasteiger partial charge in [-0.05, 0) is 182 Å². The maximum atomic E-state index is 7.57. The zero-order valence-electron chi connectivity index (χ0n) is 48.8. The molecule has 0 amide bonds. The van der Waals surface area contributed by atoms with Gasteiger partial charge in [-0.15, -0.1) is 0 Å². The lowest BCUT2D eigenvalue weighted by Gasteiger charge is -2.61. The van der Waals surface area contributed by atoms with Crippen molar-refractivity contribution in [1.29, 1.82) is 0 Å². The third-order valence-corrected chi connectivity index (χ3v) is 21.8. The van der Waals surface area contributed by atoms with Crippen molar-refractivity contribution in [1.82, 2.24) is 0 Å². The van der Waals surface area contributed by atoms with Gasteiger partial charge < -0.3 is 24.3 Å². The minimum Gasteiger partial charge on any atom is -0.491 e. The van der Waals surface area contributed by atoms with E-state index >= 15 is 0 Å². The molecule has 0 N–H and O–H groups in total. The average Bonchev–Trinajstić information content (AvgIpc) is 0.932. The largest absolute Gasteiger partial charge is 0.491 e. The average molecular weight is 1090 g/mol. The first kappa shape index (κ1) is 51.6. The van der Waals surface area contributed by atoms with Crippen LogP contribution in [0.2, 0.25) is 17.5 Å². The number of benzene rings is 8. The summed E-state index contributed by atoms with van der Waals surface area (Å²) < 4.78 is 7.57. The van der Waals surface area contributed by atoms with E-state index in [2.05, 4.69) is 281 Å². The van der Waals surface area contributed by atoms with Crippen LogP contribution in [0.1, 0.15) is 70.2 Å². The minimum absolute atomic E-state index is 0.00458. The first-order valence-electron chi connectivity index (χ1n) is 30.4. The Balaban J connectivity index is 0.923. The summed E-state index contributed by atoms with van der Waals surface area (Å²) in [6.07, 6.45) is 9.82. The molecule has 4 heterocycles. The molecule has 7 aliphatic rings. The summed E-state index contributed by atoms with van der Waals surface area (Å²) in [6.45, 7) is 18.5. The van der Waals surface area contributed by atoms with E-state index < -0.39 is 0 Å². The Hall–Kier alpha value is -7.28. The van der Waals surface area contributed by atoms with Crippen LogP contribution in [-0.2, 0) is 0 Å². The van der Waals surface area contributed by atoms with Gasteiger partial charge in [0.15, 0.2) is 6.71 Å². The van der Waals surface area contributed by atoms with Crippen molar-refractivity contribution in [3.63, 3.8) is 0 Å². The lowest BCUT2D eigenvalue weighted by molar-refractivity contribution is 0.126. The summed E-state index contributed by atoms with van der Waals surface area (Å²) in [5.41, 5.74) is 25.3. The second-order valence-electron chi connectivity index (χ2n) is 25.6. The van der Waals surface area contributed by atoms with Gasteiger partial charge in [0.25, 0.3) is 0 Å². The molecule has 0 bridgehead atoms. The van der Waals surface area contributed by atoms with Gasteiger partial charge in [0.05, 0.1) is 6.10 Å². The Morgan fingerprint density at radius 1 is 0.463 bits per heavy atom. The van der Waals surface area contributed by atoms with Crippen LogP contribution >= 0.6 is 11.8 Å². The summed E-state index contributed by atoms with van der Waals surface area (Å²) in [7, 11) is 0. The highest BCUT2D eigenvalue weighted by molar-refractivity contribution is 8.01. The number of ether oxygens (including phenoxy) is 1. The Bertz CT molecular complexity index is 3710. The number of thioether (sulfide) groups is 1. The summed E-state index contributed by atoms with van der Waals surface area (Å²) in [5, 5.41) is 0.667. The molecular weight excluding hydrogens is 1010 g/mol. The van der Waals surface area contributed by atoms with E-state index in [-0.39, 0.29) is 48.1 Å². The molecule has 10 unspecified atom stereocenters. The van der Waals surface area contributed by atoms with Gasteiger partial charge in [-0.2, -0.15) is 11.8 Å². The van der Waals surface area contributed by atoms with Crippen molar-refractivity contribution in [2.24, 2.45) is 0 Å². The van der Waals surface area contributed by atoms with E-state index in [0.717, 1.165) is 31.4 Å². The van der Waals surface area contributed by atoms with Crippen LogP contribution in [0.5, 0.6) is 5.75 Å². The molecular formula is C74H74B2N4OS. The lowest BCUT2D eigenvalue weighted by Crippen LogP contribution is -2.67. The molecule has 0 radical (unpaired) electrons.